The minimum Gasteiger partial charge on any atom is -0.511 e. The van der Waals surface area contributed by atoms with E-state index in [-0.39, 0.29) is 11.3 Å². The predicted octanol–water partition coefficient (Wildman–Crippen LogP) is 2.60. The number of nitrogens with zero attached hydrogens (tertiary/aromatic N) is 1. The van der Waals surface area contributed by atoms with Crippen molar-refractivity contribution in [1.29, 1.82) is 5.26 Å². The summed E-state index contributed by atoms with van der Waals surface area (Å²) in [7, 11) is 0. The second-order valence-corrected chi connectivity index (χ2v) is 3.84. The Balaban J connectivity index is 2.97. The molecule has 1 aromatic carbocycles. The van der Waals surface area contributed by atoms with E-state index >= 15 is 0 Å². The van der Waals surface area contributed by atoms with Gasteiger partial charge in [-0.25, -0.2) is 0 Å². The SMILES string of the molecule is CC(O)=C(C#N)C(=O)Nc1ccc(C)cc1C. The van der Waals surface area contributed by atoms with Crippen LogP contribution in [0.25, 0.3) is 0 Å². The van der Waals surface area contributed by atoms with Gasteiger partial charge < -0.3 is 10.4 Å². The van der Waals surface area contributed by atoms with Crippen LogP contribution in [0.3, 0.4) is 0 Å². The Kier molecular flexibility index (Phi) is 3.89. The van der Waals surface area contributed by atoms with Crippen molar-refractivity contribution in [2.45, 2.75) is 20.8 Å². The van der Waals surface area contributed by atoms with Gasteiger partial charge in [-0.1, -0.05) is 17.7 Å². The Morgan fingerprint density at radius 2 is 2.06 bits per heavy atom. The van der Waals surface area contributed by atoms with Gasteiger partial charge in [0.2, 0.25) is 0 Å². The second kappa shape index (κ2) is 5.17. The van der Waals surface area contributed by atoms with Gasteiger partial charge in [0, 0.05) is 5.69 Å². The van der Waals surface area contributed by atoms with E-state index in [1.807, 2.05) is 26.0 Å². The van der Waals surface area contributed by atoms with Gasteiger partial charge in [0.25, 0.3) is 5.91 Å². The summed E-state index contributed by atoms with van der Waals surface area (Å²) in [5, 5.41) is 20.5. The van der Waals surface area contributed by atoms with Crippen LogP contribution in [-0.4, -0.2) is 11.0 Å². The molecule has 0 spiro atoms. The molecule has 0 saturated heterocycles. The topological polar surface area (TPSA) is 73.1 Å². The molecule has 1 rings (SSSR count). The van der Waals surface area contributed by atoms with Gasteiger partial charge in [0.05, 0.1) is 0 Å². The molecule has 88 valence electrons. The number of carbonyl (C=O) groups is 1. The summed E-state index contributed by atoms with van der Waals surface area (Å²) in [5.74, 6) is -0.880. The Labute approximate surface area is 100 Å². The molecule has 0 aliphatic carbocycles. The zero-order valence-electron chi connectivity index (χ0n) is 10.0. The molecular formula is C13H14N2O2. The van der Waals surface area contributed by atoms with Crippen molar-refractivity contribution < 1.29 is 9.90 Å². The Hall–Kier alpha value is -2.28. The van der Waals surface area contributed by atoms with Crippen molar-refractivity contribution in [3.8, 4) is 6.07 Å². The van der Waals surface area contributed by atoms with Crippen LogP contribution >= 0.6 is 0 Å². The van der Waals surface area contributed by atoms with Gasteiger partial charge in [-0.3, -0.25) is 4.79 Å². The number of anilines is 1. The van der Waals surface area contributed by atoms with Crippen LogP contribution in [-0.2, 0) is 4.79 Å². The van der Waals surface area contributed by atoms with Crippen LogP contribution in [0.15, 0.2) is 29.5 Å². The highest BCUT2D eigenvalue weighted by Crippen LogP contribution is 2.17. The third-order valence-corrected chi connectivity index (χ3v) is 2.33. The standard InChI is InChI=1S/C13H14N2O2/c1-8-4-5-12(9(2)6-8)15-13(17)11(7-14)10(3)16/h4-6,16H,1-3H3,(H,15,17). The van der Waals surface area contributed by atoms with Gasteiger partial charge >= 0.3 is 0 Å². The summed E-state index contributed by atoms with van der Waals surface area (Å²) in [6.45, 7) is 5.13. The smallest absolute Gasteiger partial charge is 0.269 e. The molecule has 0 heterocycles. The molecule has 0 radical (unpaired) electrons. The fourth-order valence-corrected chi connectivity index (χ4v) is 1.43. The maximum atomic E-state index is 11.7. The third-order valence-electron chi connectivity index (χ3n) is 2.33. The number of benzene rings is 1. The molecule has 1 aromatic rings. The molecule has 0 aliphatic heterocycles. The molecule has 0 fully saturated rings. The van der Waals surface area contributed by atoms with Crippen LogP contribution in [0.2, 0.25) is 0 Å². The summed E-state index contributed by atoms with van der Waals surface area (Å²) in [5.41, 5.74) is 2.36. The molecule has 0 bridgehead atoms. The Morgan fingerprint density at radius 1 is 1.41 bits per heavy atom. The molecule has 1 amide bonds. The number of amides is 1. The maximum absolute atomic E-state index is 11.7. The highest BCUT2D eigenvalue weighted by molar-refractivity contribution is 6.07. The highest BCUT2D eigenvalue weighted by atomic mass is 16.3. The molecular weight excluding hydrogens is 216 g/mol. The van der Waals surface area contributed by atoms with Gasteiger partial charge in [-0.15, -0.1) is 0 Å². The minimum atomic E-state index is -0.598. The molecule has 17 heavy (non-hydrogen) atoms. The van der Waals surface area contributed by atoms with E-state index in [4.69, 9.17) is 5.26 Å². The van der Waals surface area contributed by atoms with Crippen molar-refractivity contribution in [2.75, 3.05) is 5.32 Å². The normalized spacial score (nSPS) is 11.4. The number of aliphatic hydroxyl groups excluding tert-OH is 1. The van der Waals surface area contributed by atoms with E-state index in [0.717, 1.165) is 11.1 Å². The summed E-state index contributed by atoms with van der Waals surface area (Å²) in [6, 6.07) is 7.23. The number of rotatable bonds is 2. The summed E-state index contributed by atoms with van der Waals surface area (Å²) in [4.78, 5) is 11.7. The van der Waals surface area contributed by atoms with Gasteiger partial charge in [-0.05, 0) is 32.4 Å². The van der Waals surface area contributed by atoms with Gasteiger partial charge in [0.1, 0.15) is 11.8 Å². The van der Waals surface area contributed by atoms with Crippen LogP contribution in [0.4, 0.5) is 5.69 Å². The van der Waals surface area contributed by atoms with Gasteiger partial charge in [-0.2, -0.15) is 5.26 Å². The molecule has 0 unspecified atom stereocenters. The van der Waals surface area contributed by atoms with E-state index in [2.05, 4.69) is 5.32 Å². The average Bonchev–Trinajstić information content (AvgIpc) is 2.22. The van der Waals surface area contributed by atoms with Gasteiger partial charge in [0.15, 0.2) is 5.57 Å². The first-order valence-corrected chi connectivity index (χ1v) is 5.14. The lowest BCUT2D eigenvalue weighted by molar-refractivity contribution is -0.112. The largest absolute Gasteiger partial charge is 0.511 e. The van der Waals surface area contributed by atoms with Crippen molar-refractivity contribution in [2.24, 2.45) is 0 Å². The Morgan fingerprint density at radius 3 is 2.53 bits per heavy atom. The van der Waals surface area contributed by atoms with Crippen LogP contribution < -0.4 is 5.32 Å². The van der Waals surface area contributed by atoms with Crippen molar-refractivity contribution in [3.05, 3.63) is 40.7 Å². The molecule has 0 aromatic heterocycles. The second-order valence-electron chi connectivity index (χ2n) is 3.84. The molecule has 4 nitrogen and oxygen atoms in total. The lowest BCUT2D eigenvalue weighted by Crippen LogP contribution is -2.15. The molecule has 0 saturated carbocycles. The van der Waals surface area contributed by atoms with E-state index in [1.54, 1.807) is 12.1 Å². The molecule has 0 aliphatic rings. The quantitative estimate of drug-likeness (QED) is 0.466. The molecule has 4 heteroatoms. The fraction of sp³-hybridized carbons (Fsp3) is 0.231. The number of aryl methyl sites for hydroxylation is 2. The number of hydrogen-bond donors (Lipinski definition) is 2. The number of carbonyl (C=O) groups excluding carboxylic acids is 1. The van der Waals surface area contributed by atoms with E-state index in [1.165, 1.54) is 6.92 Å². The number of nitrogens with one attached hydrogen (secondary N) is 1. The third kappa shape index (κ3) is 3.08. The zero-order chi connectivity index (χ0) is 13.0. The summed E-state index contributed by atoms with van der Waals surface area (Å²) >= 11 is 0. The lowest BCUT2D eigenvalue weighted by atomic mass is 10.1. The van der Waals surface area contributed by atoms with Crippen molar-refractivity contribution in [3.63, 3.8) is 0 Å². The first-order chi connectivity index (χ1) is 7.95. The predicted molar refractivity (Wildman–Crippen MR) is 65.5 cm³/mol. The first-order valence-electron chi connectivity index (χ1n) is 5.14. The average molecular weight is 230 g/mol. The number of allylic oxidation sites excluding steroid dienone is 1. The van der Waals surface area contributed by atoms with Crippen LogP contribution in [0, 0.1) is 25.2 Å². The van der Waals surface area contributed by atoms with E-state index in [0.29, 0.717) is 5.69 Å². The number of aliphatic hydroxyl groups is 1. The maximum Gasteiger partial charge on any atom is 0.269 e. The van der Waals surface area contributed by atoms with E-state index < -0.39 is 5.91 Å². The lowest BCUT2D eigenvalue weighted by Gasteiger charge is -2.08. The number of nitriles is 1. The number of hydrogen-bond acceptors (Lipinski definition) is 3. The first kappa shape index (κ1) is 12.8. The molecule has 2 N–H and O–H groups in total. The summed E-state index contributed by atoms with van der Waals surface area (Å²) < 4.78 is 0. The van der Waals surface area contributed by atoms with Crippen LogP contribution in [0.5, 0.6) is 0 Å². The fourth-order valence-electron chi connectivity index (χ4n) is 1.43. The highest BCUT2D eigenvalue weighted by Gasteiger charge is 2.13. The molecule has 0 atom stereocenters. The summed E-state index contributed by atoms with van der Waals surface area (Å²) in [6.07, 6.45) is 0. The van der Waals surface area contributed by atoms with Crippen molar-refractivity contribution in [1.82, 2.24) is 0 Å². The Bertz CT molecular complexity index is 521. The minimum absolute atomic E-state index is 0.273. The van der Waals surface area contributed by atoms with E-state index in [9.17, 15) is 9.90 Å². The monoisotopic (exact) mass is 230 g/mol. The van der Waals surface area contributed by atoms with Crippen LogP contribution in [0.1, 0.15) is 18.1 Å². The zero-order valence-corrected chi connectivity index (χ0v) is 10.0. The van der Waals surface area contributed by atoms with Crippen molar-refractivity contribution >= 4 is 11.6 Å².